The Balaban J connectivity index is 1.75. The first kappa shape index (κ1) is 14.0. The van der Waals surface area contributed by atoms with Gasteiger partial charge in [-0.15, -0.1) is 0 Å². The summed E-state index contributed by atoms with van der Waals surface area (Å²) >= 11 is 0. The van der Waals surface area contributed by atoms with Gasteiger partial charge in [0.15, 0.2) is 0 Å². The maximum absolute atomic E-state index is 11.4. The Hall–Kier alpha value is -2.37. The monoisotopic (exact) mass is 277 g/mol. The number of hydroxylamine groups is 2. The van der Waals surface area contributed by atoms with E-state index in [0.29, 0.717) is 11.5 Å². The fourth-order valence-corrected chi connectivity index (χ4v) is 1.88. The van der Waals surface area contributed by atoms with Gasteiger partial charge in [-0.1, -0.05) is 34.9 Å². The molecule has 0 radical (unpaired) electrons. The third-order valence-corrected chi connectivity index (χ3v) is 2.86. The molecule has 6 heteroatoms. The normalized spacial score (nSPS) is 14.6. The van der Waals surface area contributed by atoms with Crippen molar-refractivity contribution in [1.29, 1.82) is 0 Å². The first-order chi connectivity index (χ1) is 9.56. The van der Waals surface area contributed by atoms with Gasteiger partial charge < -0.3 is 4.74 Å². The molecule has 1 saturated heterocycles. The number of nitrogens with zero attached hydrogens (tertiary/aromatic N) is 1. The predicted molar refractivity (Wildman–Crippen MR) is 68.4 cm³/mol. The minimum Gasteiger partial charge on any atom is -0.432 e. The highest BCUT2D eigenvalue weighted by molar-refractivity contribution is 6.01. The Morgan fingerprint density at radius 2 is 1.95 bits per heavy atom. The van der Waals surface area contributed by atoms with Crippen molar-refractivity contribution in [3.8, 4) is 0 Å². The van der Waals surface area contributed by atoms with Crippen LogP contribution in [-0.4, -0.2) is 29.6 Å². The van der Waals surface area contributed by atoms with E-state index in [-0.39, 0.29) is 19.4 Å². The molecule has 2 amide bonds. The molecule has 106 valence electrons. The quantitative estimate of drug-likeness (QED) is 0.619. The summed E-state index contributed by atoms with van der Waals surface area (Å²) in [5.74, 6) is -1.05. The van der Waals surface area contributed by atoms with E-state index in [9.17, 15) is 14.4 Å². The number of carbonyl (C=O) groups is 3. The van der Waals surface area contributed by atoms with Crippen LogP contribution in [0.25, 0.3) is 0 Å². The van der Waals surface area contributed by atoms with E-state index in [4.69, 9.17) is 4.74 Å². The molecule has 0 aromatic heterocycles. The molecule has 6 nitrogen and oxygen atoms in total. The smallest absolute Gasteiger partial charge is 0.432 e. The lowest BCUT2D eigenvalue weighted by atomic mass is 10.1. The number of imide groups is 1. The van der Waals surface area contributed by atoms with Crippen LogP contribution in [0.15, 0.2) is 24.3 Å². The number of benzene rings is 1. The van der Waals surface area contributed by atoms with E-state index in [1.54, 1.807) is 0 Å². The SMILES string of the molecule is Cc1cccc(CCOC(=O)ON2C(=O)CCC2=O)c1. The van der Waals surface area contributed by atoms with Crippen molar-refractivity contribution >= 4 is 18.0 Å². The Bertz CT molecular complexity index is 524. The fourth-order valence-electron chi connectivity index (χ4n) is 1.88. The average molecular weight is 277 g/mol. The lowest BCUT2D eigenvalue weighted by Crippen LogP contribution is -2.32. The van der Waals surface area contributed by atoms with Crippen LogP contribution in [0.2, 0.25) is 0 Å². The third-order valence-electron chi connectivity index (χ3n) is 2.86. The Labute approximate surface area is 116 Å². The molecule has 0 N–H and O–H groups in total. The topological polar surface area (TPSA) is 72.9 Å². The summed E-state index contributed by atoms with van der Waals surface area (Å²) in [6.07, 6.45) is -0.370. The van der Waals surface area contributed by atoms with Crippen LogP contribution in [-0.2, 0) is 25.6 Å². The van der Waals surface area contributed by atoms with Crippen molar-refractivity contribution < 1.29 is 24.0 Å². The Kier molecular flexibility index (Phi) is 4.34. The molecule has 1 aromatic carbocycles. The second kappa shape index (κ2) is 6.18. The number of amides is 2. The predicted octanol–water partition coefficient (Wildman–Crippen LogP) is 1.75. The zero-order valence-corrected chi connectivity index (χ0v) is 11.1. The van der Waals surface area contributed by atoms with Crippen LogP contribution in [0, 0.1) is 6.92 Å². The molecule has 20 heavy (non-hydrogen) atoms. The van der Waals surface area contributed by atoms with Gasteiger partial charge in [-0.3, -0.25) is 14.4 Å². The van der Waals surface area contributed by atoms with E-state index in [1.165, 1.54) is 0 Å². The van der Waals surface area contributed by atoms with Crippen molar-refractivity contribution in [2.75, 3.05) is 6.61 Å². The lowest BCUT2D eigenvalue weighted by molar-refractivity contribution is -0.177. The number of hydrogen-bond acceptors (Lipinski definition) is 5. The van der Waals surface area contributed by atoms with Gasteiger partial charge in [-0.2, -0.15) is 0 Å². The summed E-state index contributed by atoms with van der Waals surface area (Å²) in [6, 6.07) is 7.81. The molecule has 2 rings (SSSR count). The van der Waals surface area contributed by atoms with Gasteiger partial charge in [0, 0.05) is 19.3 Å². The van der Waals surface area contributed by atoms with Crippen molar-refractivity contribution in [3.05, 3.63) is 35.4 Å². The van der Waals surface area contributed by atoms with E-state index in [2.05, 4.69) is 4.84 Å². The van der Waals surface area contributed by atoms with Gasteiger partial charge >= 0.3 is 6.16 Å². The van der Waals surface area contributed by atoms with Crippen molar-refractivity contribution in [2.24, 2.45) is 0 Å². The second-order valence-corrected chi connectivity index (χ2v) is 4.51. The van der Waals surface area contributed by atoms with Crippen LogP contribution in [0.3, 0.4) is 0 Å². The average Bonchev–Trinajstić information content (AvgIpc) is 2.71. The van der Waals surface area contributed by atoms with Crippen molar-refractivity contribution in [3.63, 3.8) is 0 Å². The molecular formula is C14H15NO5. The number of ether oxygens (including phenoxy) is 1. The van der Waals surface area contributed by atoms with E-state index >= 15 is 0 Å². The molecule has 0 atom stereocenters. The van der Waals surface area contributed by atoms with E-state index in [0.717, 1.165) is 11.1 Å². The third kappa shape index (κ3) is 3.57. The number of aryl methyl sites for hydroxylation is 1. The lowest BCUT2D eigenvalue weighted by Gasteiger charge is -2.12. The van der Waals surface area contributed by atoms with E-state index in [1.807, 2.05) is 31.2 Å². The molecule has 0 saturated carbocycles. The highest BCUT2D eigenvalue weighted by Crippen LogP contribution is 2.12. The highest BCUT2D eigenvalue weighted by Gasteiger charge is 2.33. The van der Waals surface area contributed by atoms with Gasteiger partial charge in [-0.25, -0.2) is 4.79 Å². The molecule has 0 spiro atoms. The maximum Gasteiger partial charge on any atom is 0.533 e. The van der Waals surface area contributed by atoms with Gasteiger partial charge in [0.25, 0.3) is 11.8 Å². The summed E-state index contributed by atoms with van der Waals surface area (Å²) in [6.45, 7) is 2.10. The van der Waals surface area contributed by atoms with Gasteiger partial charge in [0.1, 0.15) is 0 Å². The summed E-state index contributed by atoms with van der Waals surface area (Å²) in [5, 5.41) is 0.467. The second-order valence-electron chi connectivity index (χ2n) is 4.51. The van der Waals surface area contributed by atoms with Crippen molar-refractivity contribution in [2.45, 2.75) is 26.2 Å². The molecule has 1 aliphatic heterocycles. The van der Waals surface area contributed by atoms with Gasteiger partial charge in [0.05, 0.1) is 6.61 Å². The Morgan fingerprint density at radius 1 is 1.25 bits per heavy atom. The summed E-state index contributed by atoms with van der Waals surface area (Å²) in [7, 11) is 0. The molecule has 1 aliphatic rings. The highest BCUT2D eigenvalue weighted by atomic mass is 16.8. The summed E-state index contributed by atoms with van der Waals surface area (Å²) in [5.41, 5.74) is 2.16. The number of carbonyl (C=O) groups excluding carboxylic acids is 3. The first-order valence-corrected chi connectivity index (χ1v) is 6.32. The summed E-state index contributed by atoms with van der Waals surface area (Å²) in [4.78, 5) is 38.4. The molecule has 1 aromatic rings. The van der Waals surface area contributed by atoms with Crippen LogP contribution in [0.4, 0.5) is 4.79 Å². The van der Waals surface area contributed by atoms with Crippen LogP contribution >= 0.6 is 0 Å². The molecule has 0 unspecified atom stereocenters. The molecular weight excluding hydrogens is 262 g/mol. The zero-order chi connectivity index (χ0) is 14.5. The zero-order valence-electron chi connectivity index (χ0n) is 11.1. The van der Waals surface area contributed by atoms with Crippen LogP contribution in [0.1, 0.15) is 24.0 Å². The van der Waals surface area contributed by atoms with Gasteiger partial charge in [0.2, 0.25) is 0 Å². The van der Waals surface area contributed by atoms with Gasteiger partial charge in [-0.05, 0) is 12.5 Å². The molecule has 0 bridgehead atoms. The fraction of sp³-hybridized carbons (Fsp3) is 0.357. The number of rotatable bonds is 4. The largest absolute Gasteiger partial charge is 0.533 e. The molecule has 1 fully saturated rings. The van der Waals surface area contributed by atoms with Crippen molar-refractivity contribution in [1.82, 2.24) is 5.06 Å². The van der Waals surface area contributed by atoms with E-state index < -0.39 is 18.0 Å². The maximum atomic E-state index is 11.4. The minimum absolute atomic E-state index is 0.0649. The molecule has 1 heterocycles. The van der Waals surface area contributed by atoms with Crippen LogP contribution < -0.4 is 0 Å². The molecule has 0 aliphatic carbocycles. The standard InChI is InChI=1S/C14H15NO5/c1-10-3-2-4-11(9-10)7-8-19-14(18)20-15-12(16)5-6-13(15)17/h2-4,9H,5-8H2,1H3. The number of hydrogen-bond donors (Lipinski definition) is 0. The minimum atomic E-state index is -1.04. The summed E-state index contributed by atoms with van der Waals surface area (Å²) < 4.78 is 4.84. The van der Waals surface area contributed by atoms with Crippen LogP contribution in [0.5, 0.6) is 0 Å². The Morgan fingerprint density at radius 3 is 2.60 bits per heavy atom. The first-order valence-electron chi connectivity index (χ1n) is 6.32.